The number of rotatable bonds is 5. The highest BCUT2D eigenvalue weighted by Crippen LogP contribution is 2.17. The molecule has 0 saturated heterocycles. The van der Waals surface area contributed by atoms with E-state index in [1.54, 1.807) is 43.3 Å². The van der Waals surface area contributed by atoms with Gasteiger partial charge in [-0.1, -0.05) is 28.1 Å². The van der Waals surface area contributed by atoms with E-state index in [0.717, 1.165) is 4.47 Å². The molecular weight excluding hydrogens is 348 g/mol. The first kappa shape index (κ1) is 16.2. The lowest BCUT2D eigenvalue weighted by Crippen LogP contribution is -2.23. The maximum atomic E-state index is 12.3. The number of hydrogen-bond donors (Lipinski definition) is 0. The van der Waals surface area contributed by atoms with Crippen molar-refractivity contribution in [3.05, 3.63) is 64.1 Å². The van der Waals surface area contributed by atoms with Crippen molar-refractivity contribution in [1.29, 1.82) is 0 Å². The number of methoxy groups -OCH3 is 1. The first-order valence-electron chi connectivity index (χ1n) is 6.66. The van der Waals surface area contributed by atoms with Gasteiger partial charge in [-0.15, -0.1) is 0 Å². The summed E-state index contributed by atoms with van der Waals surface area (Å²) in [6.45, 7) is 1.69. The molecule has 0 spiro atoms. The van der Waals surface area contributed by atoms with Gasteiger partial charge in [-0.3, -0.25) is 4.79 Å². The number of hydrogen-bond acceptors (Lipinski definition) is 4. The molecule has 0 N–H and O–H groups in total. The van der Waals surface area contributed by atoms with E-state index in [-0.39, 0.29) is 5.78 Å². The van der Waals surface area contributed by atoms with E-state index in [1.807, 2.05) is 12.1 Å². The van der Waals surface area contributed by atoms with Crippen LogP contribution in [0.5, 0.6) is 5.75 Å². The van der Waals surface area contributed by atoms with Crippen molar-refractivity contribution in [3.63, 3.8) is 0 Å². The Morgan fingerprint density at radius 3 is 2.05 bits per heavy atom. The zero-order chi connectivity index (χ0) is 16.1. The van der Waals surface area contributed by atoms with Gasteiger partial charge >= 0.3 is 5.97 Å². The molecule has 0 aromatic heterocycles. The third kappa shape index (κ3) is 3.95. The summed E-state index contributed by atoms with van der Waals surface area (Å²) in [7, 11) is 1.33. The van der Waals surface area contributed by atoms with E-state index in [9.17, 15) is 9.59 Å². The summed E-state index contributed by atoms with van der Waals surface area (Å²) in [6.07, 6.45) is -0.620. The van der Waals surface area contributed by atoms with Crippen LogP contribution in [0.2, 0.25) is 0 Å². The molecule has 1 atom stereocenters. The molecule has 0 fully saturated rings. The van der Waals surface area contributed by atoms with Crippen molar-refractivity contribution in [2.24, 2.45) is 0 Å². The molecule has 0 aliphatic rings. The lowest BCUT2D eigenvalue weighted by Gasteiger charge is -2.14. The van der Waals surface area contributed by atoms with Crippen molar-refractivity contribution in [3.8, 4) is 5.75 Å². The molecule has 0 heterocycles. The Morgan fingerprint density at radius 2 is 1.50 bits per heavy atom. The minimum absolute atomic E-state index is 0.107. The third-order valence-electron chi connectivity index (χ3n) is 3.09. The Morgan fingerprint density at radius 1 is 0.955 bits per heavy atom. The molecule has 0 bridgehead atoms. The van der Waals surface area contributed by atoms with E-state index in [2.05, 4.69) is 20.7 Å². The monoisotopic (exact) mass is 362 g/mol. The third-order valence-corrected chi connectivity index (χ3v) is 3.61. The van der Waals surface area contributed by atoms with Crippen LogP contribution in [0.3, 0.4) is 0 Å². The number of esters is 1. The van der Waals surface area contributed by atoms with Gasteiger partial charge in [0.2, 0.25) is 5.78 Å². The Balaban J connectivity index is 2.05. The molecule has 4 nitrogen and oxygen atoms in total. The number of halogens is 1. The average Bonchev–Trinajstić information content (AvgIpc) is 2.54. The number of ether oxygens (including phenoxy) is 2. The van der Waals surface area contributed by atoms with Crippen molar-refractivity contribution in [2.75, 3.05) is 7.11 Å². The first-order chi connectivity index (χ1) is 10.5. The predicted octanol–water partition coefficient (Wildman–Crippen LogP) is 3.89. The summed E-state index contributed by atoms with van der Waals surface area (Å²) in [4.78, 5) is 23.6. The summed E-state index contributed by atoms with van der Waals surface area (Å²) in [5, 5.41) is 0. The van der Waals surface area contributed by atoms with Crippen LogP contribution in [0.4, 0.5) is 0 Å². The van der Waals surface area contributed by atoms with Gasteiger partial charge in [-0.25, -0.2) is 4.79 Å². The second-order valence-corrected chi connectivity index (χ2v) is 5.56. The zero-order valence-corrected chi connectivity index (χ0v) is 13.8. The van der Waals surface area contributed by atoms with Crippen LogP contribution in [0.1, 0.15) is 27.6 Å². The van der Waals surface area contributed by atoms with Crippen molar-refractivity contribution >= 4 is 27.7 Å². The van der Waals surface area contributed by atoms with E-state index >= 15 is 0 Å². The fourth-order valence-electron chi connectivity index (χ4n) is 1.89. The Hall–Kier alpha value is -2.14. The van der Waals surface area contributed by atoms with Crippen molar-refractivity contribution < 1.29 is 19.1 Å². The first-order valence-corrected chi connectivity index (χ1v) is 7.45. The molecule has 22 heavy (non-hydrogen) atoms. The maximum Gasteiger partial charge on any atom is 0.337 e. The number of Topliss-reactive ketones (excluding diaryl/α,β-unsaturated/α-hetero) is 1. The van der Waals surface area contributed by atoms with Gasteiger partial charge in [0.05, 0.1) is 12.7 Å². The van der Waals surface area contributed by atoms with Crippen LogP contribution < -0.4 is 4.74 Å². The molecule has 0 unspecified atom stereocenters. The summed E-state index contributed by atoms with van der Waals surface area (Å²) in [5.41, 5.74) is 1.02. The van der Waals surface area contributed by atoms with Gasteiger partial charge in [0.25, 0.3) is 0 Å². The topological polar surface area (TPSA) is 52.6 Å². The number of carbonyl (C=O) groups is 2. The minimum atomic E-state index is -0.620. The average molecular weight is 363 g/mol. The van der Waals surface area contributed by atoms with Crippen LogP contribution in [-0.2, 0) is 4.74 Å². The Kier molecular flexibility index (Phi) is 5.33. The molecule has 0 saturated carbocycles. The molecular formula is C17H15BrO4. The lowest BCUT2D eigenvalue weighted by atomic mass is 10.1. The second kappa shape index (κ2) is 7.22. The molecule has 2 aromatic rings. The highest BCUT2D eigenvalue weighted by molar-refractivity contribution is 9.10. The molecule has 0 amide bonds. The Labute approximate surface area is 137 Å². The molecule has 0 aliphatic heterocycles. The van der Waals surface area contributed by atoms with Crippen LogP contribution in [0, 0.1) is 0 Å². The molecule has 2 rings (SSSR count). The van der Waals surface area contributed by atoms with Crippen LogP contribution in [-0.4, -0.2) is 25.0 Å². The largest absolute Gasteiger partial charge is 0.483 e. The smallest absolute Gasteiger partial charge is 0.337 e. The van der Waals surface area contributed by atoms with Gasteiger partial charge in [0.1, 0.15) is 5.75 Å². The van der Waals surface area contributed by atoms with Crippen LogP contribution >= 0.6 is 15.9 Å². The van der Waals surface area contributed by atoms with Gasteiger partial charge in [-0.05, 0) is 43.3 Å². The van der Waals surface area contributed by atoms with E-state index in [0.29, 0.717) is 16.9 Å². The fourth-order valence-corrected chi connectivity index (χ4v) is 2.16. The Bertz CT molecular complexity index is 662. The number of carbonyl (C=O) groups excluding carboxylic acids is 2. The predicted molar refractivity (Wildman–Crippen MR) is 86.3 cm³/mol. The fraction of sp³-hybridized carbons (Fsp3) is 0.176. The maximum absolute atomic E-state index is 12.3. The normalized spacial score (nSPS) is 11.6. The number of benzene rings is 2. The van der Waals surface area contributed by atoms with Crippen molar-refractivity contribution in [2.45, 2.75) is 13.0 Å². The lowest BCUT2D eigenvalue weighted by molar-refractivity contribution is 0.0600. The summed E-state index contributed by atoms with van der Waals surface area (Å²) >= 11 is 3.33. The quantitative estimate of drug-likeness (QED) is 0.598. The van der Waals surface area contributed by atoms with Gasteiger partial charge in [0.15, 0.2) is 6.10 Å². The van der Waals surface area contributed by atoms with E-state index in [4.69, 9.17) is 4.74 Å². The molecule has 0 radical (unpaired) electrons. The SMILES string of the molecule is COC(=O)c1ccc(O[C@@H](C)C(=O)c2ccc(Br)cc2)cc1. The zero-order valence-electron chi connectivity index (χ0n) is 12.2. The summed E-state index contributed by atoms with van der Waals surface area (Å²) < 4.78 is 11.2. The minimum Gasteiger partial charge on any atom is -0.483 e. The highest BCUT2D eigenvalue weighted by atomic mass is 79.9. The molecule has 5 heteroatoms. The molecule has 114 valence electrons. The van der Waals surface area contributed by atoms with Gasteiger partial charge in [-0.2, -0.15) is 0 Å². The van der Waals surface area contributed by atoms with Crippen molar-refractivity contribution in [1.82, 2.24) is 0 Å². The van der Waals surface area contributed by atoms with E-state index < -0.39 is 12.1 Å². The standard InChI is InChI=1S/C17H15BrO4/c1-11(16(19)12-3-7-14(18)8-4-12)22-15-9-5-13(6-10-15)17(20)21-2/h3-11H,1-2H3/t11-/m0/s1. The molecule has 2 aromatic carbocycles. The second-order valence-electron chi connectivity index (χ2n) is 4.65. The summed E-state index contributed by atoms with van der Waals surface area (Å²) in [6, 6.07) is 13.6. The van der Waals surface area contributed by atoms with Crippen LogP contribution in [0.25, 0.3) is 0 Å². The number of ketones is 1. The molecule has 0 aliphatic carbocycles. The van der Waals surface area contributed by atoms with E-state index in [1.165, 1.54) is 7.11 Å². The van der Waals surface area contributed by atoms with Gasteiger partial charge in [0, 0.05) is 10.0 Å². The highest BCUT2D eigenvalue weighted by Gasteiger charge is 2.17. The van der Waals surface area contributed by atoms with Gasteiger partial charge < -0.3 is 9.47 Å². The summed E-state index contributed by atoms with van der Waals surface area (Å²) in [5.74, 6) is 0.000645. The van der Waals surface area contributed by atoms with Crippen LogP contribution in [0.15, 0.2) is 53.0 Å².